The molecule has 1 saturated carbocycles. The van der Waals surface area contributed by atoms with Crippen LogP contribution < -0.4 is 0 Å². The van der Waals surface area contributed by atoms with Gasteiger partial charge >= 0.3 is 0 Å². The third kappa shape index (κ3) is 2.29. The summed E-state index contributed by atoms with van der Waals surface area (Å²) in [4.78, 5) is 0.691. The zero-order valence-electron chi connectivity index (χ0n) is 5.83. The van der Waals surface area contributed by atoms with Gasteiger partial charge in [0.2, 0.25) is 0 Å². The highest BCUT2D eigenvalue weighted by Crippen LogP contribution is 2.27. The highest BCUT2D eigenvalue weighted by atomic mass is 79.9. The minimum atomic E-state index is 0.513. The van der Waals surface area contributed by atoms with Crippen LogP contribution in [0, 0.1) is 5.92 Å². The summed E-state index contributed by atoms with van der Waals surface area (Å²) >= 11 is 3.56. The molecule has 1 rings (SSSR count). The van der Waals surface area contributed by atoms with Crippen molar-refractivity contribution in [1.29, 1.82) is 0 Å². The summed E-state index contributed by atoms with van der Waals surface area (Å²) in [7, 11) is 0. The first-order valence-electron chi connectivity index (χ1n) is 3.64. The van der Waals surface area contributed by atoms with E-state index in [-0.39, 0.29) is 0 Å². The van der Waals surface area contributed by atoms with Gasteiger partial charge in [0, 0.05) is 11.0 Å². The van der Waals surface area contributed by atoms with Crippen molar-refractivity contribution in [3.05, 3.63) is 0 Å². The molecule has 0 aromatic carbocycles. The van der Waals surface area contributed by atoms with Crippen molar-refractivity contribution in [2.24, 2.45) is 11.1 Å². The van der Waals surface area contributed by atoms with E-state index in [9.17, 15) is 0 Å². The monoisotopic (exact) mass is 205 g/mol. The van der Waals surface area contributed by atoms with Gasteiger partial charge in [-0.05, 0) is 31.6 Å². The average molecular weight is 206 g/mol. The topological polar surface area (TPSA) is 32.6 Å². The third-order valence-corrected chi connectivity index (χ3v) is 2.89. The molecule has 0 aromatic rings. The van der Waals surface area contributed by atoms with Crippen LogP contribution in [0.15, 0.2) is 5.16 Å². The molecule has 1 fully saturated rings. The molecule has 10 heavy (non-hydrogen) atoms. The first-order chi connectivity index (χ1) is 4.83. The smallest absolute Gasteiger partial charge is 0.0466 e. The van der Waals surface area contributed by atoms with Crippen molar-refractivity contribution in [3.63, 3.8) is 0 Å². The number of hydrogen-bond acceptors (Lipinski definition) is 2. The van der Waals surface area contributed by atoms with Crippen LogP contribution >= 0.6 is 15.9 Å². The molecule has 0 bridgehead atoms. The lowest BCUT2D eigenvalue weighted by Crippen LogP contribution is -2.14. The van der Waals surface area contributed by atoms with Crippen molar-refractivity contribution in [3.8, 4) is 0 Å². The SMILES string of the molecule is O/N=C/C1CCC(Br)CC1. The lowest BCUT2D eigenvalue weighted by Gasteiger charge is -2.21. The van der Waals surface area contributed by atoms with E-state index in [4.69, 9.17) is 5.21 Å². The molecule has 0 atom stereocenters. The molecule has 58 valence electrons. The average Bonchev–Trinajstić information content (AvgIpc) is 1.95. The fourth-order valence-electron chi connectivity index (χ4n) is 1.32. The Morgan fingerprint density at radius 3 is 2.40 bits per heavy atom. The number of hydrogen-bond donors (Lipinski definition) is 1. The summed E-state index contributed by atoms with van der Waals surface area (Å²) in [5.74, 6) is 0.513. The standard InChI is InChI=1S/C7H12BrNO/c8-7-3-1-6(2-4-7)5-9-10/h5-7,10H,1-4H2/b9-5+. The van der Waals surface area contributed by atoms with Gasteiger partial charge in [0.1, 0.15) is 0 Å². The lowest BCUT2D eigenvalue weighted by molar-refractivity contribution is 0.314. The first kappa shape index (κ1) is 8.05. The quantitative estimate of drug-likeness (QED) is 0.304. The largest absolute Gasteiger partial charge is 0.411 e. The number of halogens is 1. The first-order valence-corrected chi connectivity index (χ1v) is 4.56. The van der Waals surface area contributed by atoms with Crippen molar-refractivity contribution < 1.29 is 5.21 Å². The number of alkyl halides is 1. The van der Waals surface area contributed by atoms with Gasteiger partial charge in [-0.25, -0.2) is 0 Å². The fourth-order valence-corrected chi connectivity index (χ4v) is 1.85. The van der Waals surface area contributed by atoms with Crippen molar-refractivity contribution >= 4 is 22.1 Å². The Morgan fingerprint density at radius 1 is 1.30 bits per heavy atom. The molecule has 3 heteroatoms. The molecular formula is C7H12BrNO. The molecular weight excluding hydrogens is 194 g/mol. The summed E-state index contributed by atoms with van der Waals surface area (Å²) in [5, 5.41) is 11.3. The highest BCUT2D eigenvalue weighted by Gasteiger charge is 2.17. The van der Waals surface area contributed by atoms with E-state index < -0.39 is 0 Å². The van der Waals surface area contributed by atoms with E-state index in [0.717, 1.165) is 12.8 Å². The van der Waals surface area contributed by atoms with Crippen molar-refractivity contribution in [2.75, 3.05) is 0 Å². The fraction of sp³-hybridized carbons (Fsp3) is 0.857. The predicted octanol–water partition coefficient (Wildman–Crippen LogP) is 2.40. The minimum Gasteiger partial charge on any atom is -0.411 e. The van der Waals surface area contributed by atoms with Gasteiger partial charge in [-0.2, -0.15) is 0 Å². The molecule has 1 aliphatic rings. The van der Waals surface area contributed by atoms with Crippen molar-refractivity contribution in [1.82, 2.24) is 0 Å². The van der Waals surface area contributed by atoms with Crippen LogP contribution in [0.3, 0.4) is 0 Å². The zero-order chi connectivity index (χ0) is 7.40. The number of rotatable bonds is 1. The maximum absolute atomic E-state index is 8.24. The summed E-state index contributed by atoms with van der Waals surface area (Å²) in [6.07, 6.45) is 6.37. The predicted molar refractivity (Wildman–Crippen MR) is 45.0 cm³/mol. The van der Waals surface area contributed by atoms with Crippen LogP contribution in [0.25, 0.3) is 0 Å². The van der Waals surface area contributed by atoms with Gasteiger partial charge in [-0.1, -0.05) is 15.9 Å². The third-order valence-electron chi connectivity index (χ3n) is 1.98. The van der Waals surface area contributed by atoms with Crippen LogP contribution in [0.4, 0.5) is 0 Å². The van der Waals surface area contributed by atoms with Gasteiger partial charge in [0.05, 0.1) is 0 Å². The maximum atomic E-state index is 8.24. The summed E-state index contributed by atoms with van der Waals surface area (Å²) in [5.41, 5.74) is 0. The second kappa shape index (κ2) is 3.96. The van der Waals surface area contributed by atoms with E-state index in [2.05, 4.69) is 21.1 Å². The molecule has 2 nitrogen and oxygen atoms in total. The van der Waals surface area contributed by atoms with Gasteiger partial charge in [0.15, 0.2) is 0 Å². The van der Waals surface area contributed by atoms with Crippen LogP contribution in [0.1, 0.15) is 25.7 Å². The van der Waals surface area contributed by atoms with E-state index >= 15 is 0 Å². The van der Waals surface area contributed by atoms with E-state index in [1.165, 1.54) is 12.8 Å². The molecule has 0 aromatic heterocycles. The summed E-state index contributed by atoms with van der Waals surface area (Å²) in [6, 6.07) is 0. The van der Waals surface area contributed by atoms with Crippen LogP contribution in [-0.2, 0) is 0 Å². The second-order valence-corrected chi connectivity index (χ2v) is 4.07. The Hall–Kier alpha value is -0.0500. The van der Waals surface area contributed by atoms with Gasteiger partial charge in [-0.15, -0.1) is 5.16 Å². The van der Waals surface area contributed by atoms with Gasteiger partial charge in [-0.3, -0.25) is 0 Å². The van der Waals surface area contributed by atoms with Gasteiger partial charge < -0.3 is 5.21 Å². The van der Waals surface area contributed by atoms with E-state index in [1.54, 1.807) is 6.21 Å². The van der Waals surface area contributed by atoms with E-state index in [1.807, 2.05) is 0 Å². The summed E-state index contributed by atoms with van der Waals surface area (Å²) in [6.45, 7) is 0. The molecule has 0 spiro atoms. The Labute approximate surface area is 69.4 Å². The molecule has 0 unspecified atom stereocenters. The molecule has 0 heterocycles. The molecule has 0 saturated heterocycles. The highest BCUT2D eigenvalue weighted by molar-refractivity contribution is 9.09. The molecule has 0 aliphatic heterocycles. The molecule has 1 N–H and O–H groups in total. The Bertz CT molecular complexity index is 119. The Morgan fingerprint density at radius 2 is 1.90 bits per heavy atom. The maximum Gasteiger partial charge on any atom is 0.0466 e. The molecule has 0 amide bonds. The minimum absolute atomic E-state index is 0.513. The second-order valence-electron chi connectivity index (χ2n) is 2.78. The van der Waals surface area contributed by atoms with Crippen LogP contribution in [-0.4, -0.2) is 16.2 Å². The van der Waals surface area contributed by atoms with Crippen molar-refractivity contribution in [2.45, 2.75) is 30.5 Å². The lowest BCUT2D eigenvalue weighted by atomic mass is 9.90. The zero-order valence-corrected chi connectivity index (χ0v) is 7.42. The van der Waals surface area contributed by atoms with Gasteiger partial charge in [0.25, 0.3) is 0 Å². The molecule has 1 aliphatic carbocycles. The number of oxime groups is 1. The summed E-state index contributed by atoms with van der Waals surface area (Å²) < 4.78 is 0. The van der Waals surface area contributed by atoms with E-state index in [0.29, 0.717) is 10.7 Å². The Kier molecular flexibility index (Phi) is 3.19. The normalized spacial score (nSPS) is 34.9. The number of nitrogens with zero attached hydrogens (tertiary/aromatic N) is 1. The Balaban J connectivity index is 2.26. The van der Waals surface area contributed by atoms with Crippen LogP contribution in [0.2, 0.25) is 0 Å². The van der Waals surface area contributed by atoms with Crippen LogP contribution in [0.5, 0.6) is 0 Å². The molecule has 0 radical (unpaired) electrons.